The van der Waals surface area contributed by atoms with Crippen LogP contribution < -0.4 is 10.5 Å². The number of thiazole rings is 1. The Morgan fingerprint density at radius 1 is 1.12 bits per heavy atom. The second kappa shape index (κ2) is 8.18. The first-order valence-electron chi connectivity index (χ1n) is 9.81. The Labute approximate surface area is 191 Å². The molecule has 0 aliphatic carbocycles. The maximum atomic E-state index is 13.6. The van der Waals surface area contributed by atoms with Gasteiger partial charge in [-0.05, 0) is 42.8 Å². The van der Waals surface area contributed by atoms with Gasteiger partial charge in [0.15, 0.2) is 5.13 Å². The smallest absolute Gasteiger partial charge is 0.349 e. The van der Waals surface area contributed by atoms with Crippen molar-refractivity contribution >= 4 is 55.2 Å². The summed E-state index contributed by atoms with van der Waals surface area (Å²) in [6, 6.07) is 17.8. The minimum atomic E-state index is -0.699. The summed E-state index contributed by atoms with van der Waals surface area (Å²) < 4.78 is 6.17. The highest BCUT2D eigenvalue weighted by molar-refractivity contribution is 7.23. The molecule has 1 amide bonds. The third-order valence-corrected chi connectivity index (χ3v) is 6.62. The van der Waals surface area contributed by atoms with Gasteiger partial charge in [0.05, 0.1) is 27.5 Å². The Morgan fingerprint density at radius 3 is 2.72 bits per heavy atom. The van der Waals surface area contributed by atoms with Crippen LogP contribution in [0.3, 0.4) is 0 Å². The van der Waals surface area contributed by atoms with E-state index in [1.54, 1.807) is 36.5 Å². The number of halogens is 1. The molecule has 158 valence electrons. The SMILES string of the molecule is Cc1ccc(Cl)c2sc(N(Cc3ccccn3)C(=O)c3cc4ccccc4oc3=O)nc12. The van der Waals surface area contributed by atoms with E-state index in [-0.39, 0.29) is 12.1 Å². The fourth-order valence-corrected chi connectivity index (χ4v) is 4.76. The molecule has 0 N–H and O–H groups in total. The summed E-state index contributed by atoms with van der Waals surface area (Å²) >= 11 is 7.68. The summed E-state index contributed by atoms with van der Waals surface area (Å²) in [5, 5.41) is 1.65. The predicted molar refractivity (Wildman–Crippen MR) is 127 cm³/mol. The summed E-state index contributed by atoms with van der Waals surface area (Å²) in [6.45, 7) is 2.08. The molecule has 3 heterocycles. The number of amides is 1. The monoisotopic (exact) mass is 461 g/mol. The number of para-hydroxylation sites is 1. The van der Waals surface area contributed by atoms with Crippen molar-refractivity contribution in [3.8, 4) is 0 Å². The van der Waals surface area contributed by atoms with E-state index in [0.717, 1.165) is 15.8 Å². The maximum Gasteiger partial charge on any atom is 0.349 e. The quantitative estimate of drug-likeness (QED) is 0.325. The first kappa shape index (κ1) is 20.4. The van der Waals surface area contributed by atoms with Crippen LogP contribution in [0.1, 0.15) is 21.6 Å². The van der Waals surface area contributed by atoms with E-state index in [4.69, 9.17) is 16.0 Å². The molecule has 6 nitrogen and oxygen atoms in total. The molecule has 5 rings (SSSR count). The Kier molecular flexibility index (Phi) is 5.20. The van der Waals surface area contributed by atoms with Gasteiger partial charge in [0.25, 0.3) is 5.91 Å². The van der Waals surface area contributed by atoms with E-state index >= 15 is 0 Å². The van der Waals surface area contributed by atoms with Gasteiger partial charge in [0.1, 0.15) is 11.1 Å². The van der Waals surface area contributed by atoms with Gasteiger partial charge in [-0.1, -0.05) is 53.3 Å². The average Bonchev–Trinajstić information content (AvgIpc) is 3.26. The zero-order chi connectivity index (χ0) is 22.2. The number of hydrogen-bond donors (Lipinski definition) is 0. The van der Waals surface area contributed by atoms with Crippen molar-refractivity contribution in [2.75, 3.05) is 4.90 Å². The van der Waals surface area contributed by atoms with Crippen LogP contribution in [0.2, 0.25) is 5.02 Å². The topological polar surface area (TPSA) is 76.3 Å². The third-order valence-electron chi connectivity index (χ3n) is 5.08. The van der Waals surface area contributed by atoms with E-state index in [0.29, 0.717) is 26.8 Å². The molecular weight excluding hydrogens is 446 g/mol. The van der Waals surface area contributed by atoms with Crippen LogP contribution in [-0.4, -0.2) is 15.9 Å². The van der Waals surface area contributed by atoms with Crippen LogP contribution in [0, 0.1) is 6.92 Å². The summed E-state index contributed by atoms with van der Waals surface area (Å²) in [5.74, 6) is -0.511. The molecule has 0 unspecified atom stereocenters. The van der Waals surface area contributed by atoms with Crippen LogP contribution >= 0.6 is 22.9 Å². The van der Waals surface area contributed by atoms with Crippen molar-refractivity contribution in [2.45, 2.75) is 13.5 Å². The molecule has 0 fully saturated rings. The normalized spacial score (nSPS) is 11.2. The van der Waals surface area contributed by atoms with E-state index in [2.05, 4.69) is 9.97 Å². The van der Waals surface area contributed by atoms with E-state index in [1.165, 1.54) is 16.2 Å². The number of rotatable bonds is 4. The van der Waals surface area contributed by atoms with Gasteiger partial charge in [-0.25, -0.2) is 9.78 Å². The molecule has 3 aromatic heterocycles. The molecule has 0 aliphatic rings. The fourth-order valence-electron chi connectivity index (χ4n) is 3.44. The Balaban J connectivity index is 1.66. The first-order chi connectivity index (χ1) is 15.5. The molecule has 32 heavy (non-hydrogen) atoms. The van der Waals surface area contributed by atoms with Crippen LogP contribution in [0.5, 0.6) is 0 Å². The zero-order valence-corrected chi connectivity index (χ0v) is 18.5. The molecule has 5 aromatic rings. The number of anilines is 1. The summed E-state index contributed by atoms with van der Waals surface area (Å²) in [5.41, 5.74) is 1.99. The Hall–Kier alpha value is -3.55. The van der Waals surface area contributed by atoms with Crippen molar-refractivity contribution in [1.29, 1.82) is 0 Å². The average molecular weight is 462 g/mol. The van der Waals surface area contributed by atoms with Crippen molar-refractivity contribution in [3.05, 3.63) is 99.1 Å². The predicted octanol–water partition coefficient (Wildman–Crippen LogP) is 5.61. The molecule has 0 aliphatic heterocycles. The van der Waals surface area contributed by atoms with Crippen LogP contribution in [0.4, 0.5) is 5.13 Å². The van der Waals surface area contributed by atoms with Gasteiger partial charge < -0.3 is 4.42 Å². The highest BCUT2D eigenvalue weighted by Gasteiger charge is 2.26. The van der Waals surface area contributed by atoms with Gasteiger partial charge in [-0.3, -0.25) is 14.7 Å². The summed E-state index contributed by atoms with van der Waals surface area (Å²) in [6.07, 6.45) is 1.65. The number of nitrogens with zero attached hydrogens (tertiary/aromatic N) is 3. The van der Waals surface area contributed by atoms with E-state index in [9.17, 15) is 9.59 Å². The highest BCUT2D eigenvalue weighted by atomic mass is 35.5. The second-order valence-electron chi connectivity index (χ2n) is 7.24. The Bertz CT molecular complexity index is 1490. The van der Waals surface area contributed by atoms with Crippen LogP contribution in [0.15, 0.2) is 76.1 Å². The number of fused-ring (bicyclic) bond motifs is 2. The van der Waals surface area contributed by atoms with Gasteiger partial charge >= 0.3 is 5.63 Å². The number of carbonyl (C=O) groups excluding carboxylic acids is 1. The number of hydrogen-bond acceptors (Lipinski definition) is 6. The lowest BCUT2D eigenvalue weighted by molar-refractivity contribution is 0.0981. The molecule has 0 saturated carbocycles. The van der Waals surface area contributed by atoms with Crippen molar-refractivity contribution in [3.63, 3.8) is 0 Å². The van der Waals surface area contributed by atoms with Crippen molar-refractivity contribution < 1.29 is 9.21 Å². The number of aryl methyl sites for hydroxylation is 1. The minimum absolute atomic E-state index is 0.0679. The zero-order valence-electron chi connectivity index (χ0n) is 16.9. The standard InChI is InChI=1S/C24H16ClN3O3S/c1-14-9-10-18(25)21-20(14)27-24(32-21)28(13-16-7-4-5-11-26-16)22(29)17-12-15-6-2-3-8-19(15)31-23(17)30/h2-12H,13H2,1H3. The molecule has 2 aromatic carbocycles. The largest absolute Gasteiger partial charge is 0.422 e. The Morgan fingerprint density at radius 2 is 1.94 bits per heavy atom. The lowest BCUT2D eigenvalue weighted by Gasteiger charge is -2.19. The number of benzene rings is 2. The molecule has 0 spiro atoms. The molecule has 8 heteroatoms. The lowest BCUT2D eigenvalue weighted by atomic mass is 10.1. The van der Waals surface area contributed by atoms with Crippen LogP contribution in [-0.2, 0) is 6.54 Å². The molecular formula is C24H16ClN3O3S. The molecule has 0 radical (unpaired) electrons. The van der Waals surface area contributed by atoms with Gasteiger partial charge in [-0.15, -0.1) is 0 Å². The van der Waals surface area contributed by atoms with Gasteiger partial charge in [0, 0.05) is 11.6 Å². The molecule has 0 saturated heterocycles. The van der Waals surface area contributed by atoms with Crippen molar-refractivity contribution in [2.24, 2.45) is 0 Å². The van der Waals surface area contributed by atoms with E-state index in [1.807, 2.05) is 37.3 Å². The molecule has 0 bridgehead atoms. The first-order valence-corrected chi connectivity index (χ1v) is 11.0. The number of aromatic nitrogens is 2. The minimum Gasteiger partial charge on any atom is -0.422 e. The third kappa shape index (κ3) is 3.66. The van der Waals surface area contributed by atoms with Gasteiger partial charge in [-0.2, -0.15) is 0 Å². The molecule has 0 atom stereocenters. The van der Waals surface area contributed by atoms with Crippen molar-refractivity contribution in [1.82, 2.24) is 9.97 Å². The lowest BCUT2D eigenvalue weighted by Crippen LogP contribution is -2.34. The second-order valence-corrected chi connectivity index (χ2v) is 8.62. The summed E-state index contributed by atoms with van der Waals surface area (Å²) in [7, 11) is 0. The number of carbonyl (C=O) groups is 1. The summed E-state index contributed by atoms with van der Waals surface area (Å²) in [4.78, 5) is 36.8. The number of pyridine rings is 1. The maximum absolute atomic E-state index is 13.6. The van der Waals surface area contributed by atoms with E-state index < -0.39 is 11.5 Å². The fraction of sp³-hybridized carbons (Fsp3) is 0.0833. The van der Waals surface area contributed by atoms with Crippen LogP contribution in [0.25, 0.3) is 21.2 Å². The highest BCUT2D eigenvalue weighted by Crippen LogP contribution is 2.36. The van der Waals surface area contributed by atoms with Gasteiger partial charge in [0.2, 0.25) is 0 Å².